The number of amides is 1. The third-order valence-corrected chi connectivity index (χ3v) is 2.71. The van der Waals surface area contributed by atoms with E-state index >= 15 is 0 Å². The smallest absolute Gasteiger partial charge is 0.335 e. The highest BCUT2D eigenvalue weighted by atomic mass is 127. The first-order chi connectivity index (χ1) is 7.54. The fourth-order valence-corrected chi connectivity index (χ4v) is 1.45. The van der Waals surface area contributed by atoms with Gasteiger partial charge in [0.25, 0.3) is 5.91 Å². The summed E-state index contributed by atoms with van der Waals surface area (Å²) < 4.78 is 5.95. The molecule has 0 bridgehead atoms. The van der Waals surface area contributed by atoms with Crippen molar-refractivity contribution in [1.82, 2.24) is 5.32 Å². The van der Waals surface area contributed by atoms with Crippen molar-refractivity contribution in [2.45, 2.75) is 0 Å². The summed E-state index contributed by atoms with van der Waals surface area (Å²) in [5.74, 6) is -0.901. The summed E-state index contributed by atoms with van der Waals surface area (Å²) in [4.78, 5) is 21.7. The number of nitrogens with one attached hydrogen (secondary N) is 1. The molecule has 0 atom stereocenters. The number of hydrogen-bond acceptors (Lipinski definition) is 3. The van der Waals surface area contributed by atoms with Gasteiger partial charge in [-0.15, -0.1) is 0 Å². The Balaban J connectivity index is 2.82. The predicted molar refractivity (Wildman–Crippen MR) is 65.7 cm³/mol. The topological polar surface area (TPSA) is 75.6 Å². The zero-order valence-corrected chi connectivity index (χ0v) is 10.6. The fraction of sp³-hybridized carbons (Fsp3) is 0.200. The van der Waals surface area contributed by atoms with Gasteiger partial charge in [-0.25, -0.2) is 4.79 Å². The standard InChI is InChI=1S/C10H10INO4/c1-12-9(13)5-16-8-4-6(10(14)15)2-3-7(8)11/h2-4H,5H2,1H3,(H,12,13)(H,14,15). The van der Waals surface area contributed by atoms with Crippen molar-refractivity contribution in [2.75, 3.05) is 13.7 Å². The highest BCUT2D eigenvalue weighted by Gasteiger charge is 2.09. The van der Waals surface area contributed by atoms with Gasteiger partial charge in [0.1, 0.15) is 5.75 Å². The van der Waals surface area contributed by atoms with Gasteiger partial charge in [0.15, 0.2) is 6.61 Å². The SMILES string of the molecule is CNC(=O)COc1cc(C(=O)O)ccc1I. The molecule has 0 heterocycles. The van der Waals surface area contributed by atoms with Crippen molar-refractivity contribution >= 4 is 34.5 Å². The second-order valence-electron chi connectivity index (χ2n) is 2.91. The number of carbonyl (C=O) groups excluding carboxylic acids is 1. The quantitative estimate of drug-likeness (QED) is 0.809. The molecule has 0 fully saturated rings. The molecular weight excluding hydrogens is 325 g/mol. The van der Waals surface area contributed by atoms with Gasteiger partial charge in [-0.1, -0.05) is 0 Å². The number of aromatic carboxylic acids is 1. The van der Waals surface area contributed by atoms with E-state index in [2.05, 4.69) is 5.32 Å². The Bertz CT molecular complexity index is 419. The van der Waals surface area contributed by atoms with Gasteiger partial charge in [-0.2, -0.15) is 0 Å². The molecule has 0 saturated heterocycles. The maximum Gasteiger partial charge on any atom is 0.335 e. The van der Waals surface area contributed by atoms with Crippen molar-refractivity contribution < 1.29 is 19.4 Å². The summed E-state index contributed by atoms with van der Waals surface area (Å²) in [6, 6.07) is 4.51. The minimum atomic E-state index is -1.03. The molecule has 1 aromatic rings. The van der Waals surface area contributed by atoms with Crippen LogP contribution in [-0.2, 0) is 4.79 Å². The number of carbonyl (C=O) groups is 2. The molecule has 0 spiro atoms. The summed E-state index contributed by atoms with van der Waals surface area (Å²) in [6.07, 6.45) is 0. The van der Waals surface area contributed by atoms with Crippen LogP contribution >= 0.6 is 22.6 Å². The van der Waals surface area contributed by atoms with E-state index in [4.69, 9.17) is 9.84 Å². The Morgan fingerprint density at radius 3 is 2.75 bits per heavy atom. The van der Waals surface area contributed by atoms with Crippen molar-refractivity contribution in [3.05, 3.63) is 27.3 Å². The van der Waals surface area contributed by atoms with Crippen LogP contribution in [0, 0.1) is 3.57 Å². The van der Waals surface area contributed by atoms with Gasteiger partial charge in [-0.05, 0) is 40.8 Å². The Labute approximate surface area is 106 Å². The molecule has 0 saturated carbocycles. The molecule has 5 nitrogen and oxygen atoms in total. The zero-order valence-electron chi connectivity index (χ0n) is 8.49. The van der Waals surface area contributed by atoms with E-state index in [1.807, 2.05) is 22.6 Å². The molecule has 0 aromatic heterocycles. The molecule has 6 heteroatoms. The number of carboxylic acid groups (broad SMARTS) is 1. The van der Waals surface area contributed by atoms with E-state index < -0.39 is 5.97 Å². The van der Waals surface area contributed by atoms with Crippen LogP contribution in [0.1, 0.15) is 10.4 Å². The van der Waals surface area contributed by atoms with Crippen LogP contribution in [0.15, 0.2) is 18.2 Å². The Hall–Kier alpha value is -1.31. The molecule has 0 radical (unpaired) electrons. The van der Waals surface area contributed by atoms with Crippen LogP contribution in [0.3, 0.4) is 0 Å². The molecule has 0 aliphatic carbocycles. The summed E-state index contributed by atoms with van der Waals surface area (Å²) >= 11 is 2.01. The lowest BCUT2D eigenvalue weighted by atomic mass is 10.2. The third-order valence-electron chi connectivity index (χ3n) is 1.82. The molecular formula is C10H10INO4. The molecule has 16 heavy (non-hydrogen) atoms. The van der Waals surface area contributed by atoms with Crippen LogP contribution in [0.4, 0.5) is 0 Å². The minimum absolute atomic E-state index is 0.129. The van der Waals surface area contributed by atoms with Gasteiger partial charge >= 0.3 is 5.97 Å². The molecule has 1 amide bonds. The maximum atomic E-state index is 11.0. The lowest BCUT2D eigenvalue weighted by Crippen LogP contribution is -2.25. The number of ether oxygens (including phenoxy) is 1. The van der Waals surface area contributed by atoms with Gasteiger partial charge in [-0.3, -0.25) is 4.79 Å². The summed E-state index contributed by atoms with van der Waals surface area (Å²) in [6.45, 7) is -0.129. The molecule has 0 unspecified atom stereocenters. The molecule has 1 aromatic carbocycles. The monoisotopic (exact) mass is 335 g/mol. The average Bonchev–Trinajstić information content (AvgIpc) is 2.27. The lowest BCUT2D eigenvalue weighted by molar-refractivity contribution is -0.122. The number of hydrogen-bond donors (Lipinski definition) is 2. The lowest BCUT2D eigenvalue weighted by Gasteiger charge is -2.07. The second-order valence-corrected chi connectivity index (χ2v) is 4.07. The molecule has 86 valence electrons. The molecule has 0 aliphatic rings. The molecule has 1 rings (SSSR count). The normalized spacial score (nSPS) is 9.62. The van der Waals surface area contributed by atoms with E-state index in [1.165, 1.54) is 19.2 Å². The highest BCUT2D eigenvalue weighted by molar-refractivity contribution is 14.1. The number of likely N-dealkylation sites (N-methyl/N-ethyl adjacent to an activating group) is 1. The number of carboxylic acids is 1. The Morgan fingerprint density at radius 1 is 1.50 bits per heavy atom. The average molecular weight is 335 g/mol. The van der Waals surface area contributed by atoms with E-state index in [0.717, 1.165) is 3.57 Å². The first-order valence-corrected chi connectivity index (χ1v) is 5.48. The first kappa shape index (κ1) is 12.8. The van der Waals surface area contributed by atoms with Crippen LogP contribution in [-0.4, -0.2) is 30.6 Å². The summed E-state index contributed by atoms with van der Waals surface area (Å²) in [5, 5.41) is 11.2. The predicted octanol–water partition coefficient (Wildman–Crippen LogP) is 1.11. The molecule has 2 N–H and O–H groups in total. The number of rotatable bonds is 4. The van der Waals surface area contributed by atoms with Gasteiger partial charge in [0.2, 0.25) is 0 Å². The first-order valence-electron chi connectivity index (χ1n) is 4.41. The third kappa shape index (κ3) is 3.37. The van der Waals surface area contributed by atoms with E-state index in [9.17, 15) is 9.59 Å². The minimum Gasteiger partial charge on any atom is -0.483 e. The van der Waals surface area contributed by atoms with Crippen LogP contribution in [0.5, 0.6) is 5.75 Å². The maximum absolute atomic E-state index is 11.0. The number of benzene rings is 1. The zero-order chi connectivity index (χ0) is 12.1. The second kappa shape index (κ2) is 5.69. The number of halogens is 1. The van der Waals surface area contributed by atoms with Crippen molar-refractivity contribution in [3.63, 3.8) is 0 Å². The summed E-state index contributed by atoms with van der Waals surface area (Å²) in [7, 11) is 1.50. The fourth-order valence-electron chi connectivity index (χ4n) is 0.962. The van der Waals surface area contributed by atoms with Crippen LogP contribution in [0.25, 0.3) is 0 Å². The van der Waals surface area contributed by atoms with Crippen molar-refractivity contribution in [3.8, 4) is 5.75 Å². The van der Waals surface area contributed by atoms with E-state index in [0.29, 0.717) is 5.75 Å². The largest absolute Gasteiger partial charge is 0.483 e. The van der Waals surface area contributed by atoms with Crippen LogP contribution in [0.2, 0.25) is 0 Å². The van der Waals surface area contributed by atoms with Gasteiger partial charge in [0.05, 0.1) is 9.13 Å². The van der Waals surface area contributed by atoms with Crippen molar-refractivity contribution in [2.24, 2.45) is 0 Å². The highest BCUT2D eigenvalue weighted by Crippen LogP contribution is 2.22. The van der Waals surface area contributed by atoms with E-state index in [1.54, 1.807) is 6.07 Å². The van der Waals surface area contributed by atoms with Gasteiger partial charge < -0.3 is 15.2 Å². The van der Waals surface area contributed by atoms with Crippen molar-refractivity contribution in [1.29, 1.82) is 0 Å². The Morgan fingerprint density at radius 2 is 2.19 bits per heavy atom. The van der Waals surface area contributed by atoms with E-state index in [-0.39, 0.29) is 18.1 Å². The summed E-state index contributed by atoms with van der Waals surface area (Å²) in [5.41, 5.74) is 0.132. The van der Waals surface area contributed by atoms with Gasteiger partial charge in [0, 0.05) is 7.05 Å². The Kier molecular flexibility index (Phi) is 4.53. The van der Waals surface area contributed by atoms with Crippen LogP contribution < -0.4 is 10.1 Å². The molecule has 0 aliphatic heterocycles.